The maximum Gasteiger partial charge on any atom is 0.328 e. The molecule has 1 saturated heterocycles. The molecule has 4 atom stereocenters. The summed E-state index contributed by atoms with van der Waals surface area (Å²) in [5, 5.41) is 28.2. The van der Waals surface area contributed by atoms with Crippen molar-refractivity contribution in [2.24, 2.45) is 0 Å². The Morgan fingerprint density at radius 1 is 0.966 bits per heavy atom. The number of hydrogen-bond acceptors (Lipinski definition) is 10. The Kier molecular flexibility index (Phi) is 16.7. The van der Waals surface area contributed by atoms with Crippen molar-refractivity contribution in [2.75, 3.05) is 34.4 Å². The molecule has 5 amide bonds. The number of phenols is 2. The Hall–Kier alpha value is -6.09. The van der Waals surface area contributed by atoms with Crippen LogP contribution in [0, 0.1) is 0 Å². The lowest BCUT2D eigenvalue weighted by atomic mass is 9.99. The van der Waals surface area contributed by atoms with Crippen LogP contribution in [0.2, 0.25) is 5.02 Å². The van der Waals surface area contributed by atoms with Crippen LogP contribution in [0.1, 0.15) is 55.4 Å². The number of benzene rings is 3. The molecule has 15 nitrogen and oxygen atoms in total. The number of nitrogens with zero attached hydrogens (tertiary/aromatic N) is 2. The number of aromatic hydroxyl groups is 2. The van der Waals surface area contributed by atoms with Crippen LogP contribution in [0.3, 0.4) is 0 Å². The minimum Gasteiger partial charge on any atom is -0.508 e. The first-order chi connectivity index (χ1) is 28.1. The van der Waals surface area contributed by atoms with E-state index < -0.39 is 66.3 Å². The fraction of sp³-hybridized carbons (Fsp3) is 0.395. The highest BCUT2D eigenvalue weighted by Crippen LogP contribution is 2.37. The van der Waals surface area contributed by atoms with Crippen molar-refractivity contribution in [3.05, 3.63) is 94.0 Å². The average molecular weight is 834 g/mol. The van der Waals surface area contributed by atoms with Crippen molar-refractivity contribution in [2.45, 2.75) is 76.5 Å². The van der Waals surface area contributed by atoms with Crippen molar-refractivity contribution in [3.63, 3.8) is 0 Å². The second-order valence-electron chi connectivity index (χ2n) is 14.2. The smallest absolute Gasteiger partial charge is 0.328 e. The van der Waals surface area contributed by atoms with Gasteiger partial charge in [-0.05, 0) is 60.2 Å². The molecule has 0 aliphatic carbocycles. The van der Waals surface area contributed by atoms with Crippen molar-refractivity contribution in [1.82, 2.24) is 25.8 Å². The minimum atomic E-state index is -1.35. The van der Waals surface area contributed by atoms with Crippen LogP contribution in [-0.4, -0.2) is 114 Å². The zero-order chi connectivity index (χ0) is 43.2. The number of allylic oxidation sites excluding steroid dienone is 1. The van der Waals surface area contributed by atoms with Crippen LogP contribution in [0.25, 0.3) is 6.08 Å². The number of halogens is 1. The largest absolute Gasteiger partial charge is 0.508 e. The van der Waals surface area contributed by atoms with Gasteiger partial charge in [0, 0.05) is 33.4 Å². The van der Waals surface area contributed by atoms with E-state index in [1.807, 2.05) is 30.3 Å². The number of amides is 5. The van der Waals surface area contributed by atoms with Gasteiger partial charge in [-0.25, -0.2) is 4.79 Å². The van der Waals surface area contributed by atoms with E-state index in [1.54, 1.807) is 12.1 Å². The monoisotopic (exact) mass is 833 g/mol. The Balaban J connectivity index is 1.61. The standard InChI is InChI=1S/C43H52ClN5O10/c1-6-7-8-11-28-12-9-10-13-29(28)17-21-36(51)46-32(22-27-14-18-31(50)19-15-27)41(55)49(4)34(23-30-16-20-35(58-5)39(53)38(30)44)42(56)48(3)26(2)43(57)59-25-33-40(54)45-24-37(52)47-33/h8-16,18-20,26,32-34,50,53H,6-7,17,21-25H2,1-5H3,(H,45,54)(H,46,51)(H,47,52)/b11-8-/t26-,32-,33+,34-/m0/s1. The van der Waals surface area contributed by atoms with Gasteiger partial charge in [0.15, 0.2) is 11.5 Å². The van der Waals surface area contributed by atoms with Gasteiger partial charge >= 0.3 is 5.97 Å². The molecule has 3 aromatic carbocycles. The third-order valence-corrected chi connectivity index (χ3v) is 10.5. The normalized spacial score (nSPS) is 15.3. The van der Waals surface area contributed by atoms with Gasteiger partial charge in [-0.3, -0.25) is 24.0 Å². The van der Waals surface area contributed by atoms with Gasteiger partial charge in [0.25, 0.3) is 0 Å². The van der Waals surface area contributed by atoms with E-state index in [0.29, 0.717) is 12.0 Å². The zero-order valence-corrected chi connectivity index (χ0v) is 34.6. The number of phenolic OH excluding ortho intramolecular Hbond substituents is 2. The highest BCUT2D eigenvalue weighted by molar-refractivity contribution is 6.33. The number of hydrogen-bond donors (Lipinski definition) is 5. The molecule has 59 heavy (non-hydrogen) atoms. The zero-order valence-electron chi connectivity index (χ0n) is 33.8. The van der Waals surface area contributed by atoms with E-state index in [2.05, 4.69) is 29.0 Å². The predicted octanol–water partition coefficient (Wildman–Crippen LogP) is 3.31. The molecule has 0 bridgehead atoms. The maximum absolute atomic E-state index is 14.6. The molecule has 0 aromatic heterocycles. The number of ether oxygens (including phenoxy) is 2. The summed E-state index contributed by atoms with van der Waals surface area (Å²) >= 11 is 6.55. The van der Waals surface area contributed by atoms with Crippen LogP contribution in [-0.2, 0) is 52.8 Å². The van der Waals surface area contributed by atoms with Gasteiger partial charge in [0.2, 0.25) is 29.5 Å². The number of nitrogens with one attached hydrogen (secondary N) is 3. The molecular weight excluding hydrogens is 782 g/mol. The van der Waals surface area contributed by atoms with Gasteiger partial charge in [0.05, 0.1) is 18.7 Å². The topological polar surface area (TPSA) is 204 Å². The predicted molar refractivity (Wildman–Crippen MR) is 221 cm³/mol. The summed E-state index contributed by atoms with van der Waals surface area (Å²) in [5.41, 5.74) is 2.84. The number of likely N-dealkylation sites (N-methyl/N-ethyl adjacent to an activating group) is 2. The summed E-state index contributed by atoms with van der Waals surface area (Å²) in [6.07, 6.45) is 6.24. The third-order valence-electron chi connectivity index (χ3n) is 10.1. The minimum absolute atomic E-state index is 0.000374. The molecule has 0 radical (unpaired) electrons. The molecule has 0 unspecified atom stereocenters. The summed E-state index contributed by atoms with van der Waals surface area (Å²) < 4.78 is 10.5. The van der Waals surface area contributed by atoms with Crippen LogP contribution in [0.15, 0.2) is 66.7 Å². The molecular formula is C43H52ClN5O10. The number of piperazine rings is 1. The lowest BCUT2D eigenvalue weighted by Crippen LogP contribution is -2.59. The van der Waals surface area contributed by atoms with Crippen LogP contribution < -0.4 is 20.7 Å². The van der Waals surface area contributed by atoms with E-state index in [1.165, 1.54) is 52.4 Å². The fourth-order valence-corrected chi connectivity index (χ4v) is 6.61. The van der Waals surface area contributed by atoms with E-state index in [9.17, 15) is 39.0 Å². The summed E-state index contributed by atoms with van der Waals surface area (Å²) in [7, 11) is 4.07. The number of methoxy groups -OCH3 is 1. The SMILES string of the molecule is CCC/C=C\c1ccccc1CCC(=O)N[C@@H](Cc1ccc(O)cc1)C(=O)N(C)[C@@H](Cc1ccc(OC)c(O)c1Cl)C(=O)N(C)[C@@H](C)C(=O)OC[C@H]1NC(=O)CNC1=O. The van der Waals surface area contributed by atoms with Crippen molar-refractivity contribution in [3.8, 4) is 17.2 Å². The molecule has 1 aliphatic rings. The Morgan fingerprint density at radius 2 is 1.68 bits per heavy atom. The lowest BCUT2D eigenvalue weighted by molar-refractivity contribution is -0.157. The summed E-state index contributed by atoms with van der Waals surface area (Å²) in [5.74, 6) is -3.94. The van der Waals surface area contributed by atoms with Gasteiger partial charge in [-0.2, -0.15) is 0 Å². The molecule has 3 aromatic rings. The van der Waals surface area contributed by atoms with Crippen LogP contribution in [0.5, 0.6) is 17.2 Å². The molecule has 5 N–H and O–H groups in total. The first-order valence-electron chi connectivity index (χ1n) is 19.3. The number of rotatable bonds is 19. The van der Waals surface area contributed by atoms with Crippen LogP contribution >= 0.6 is 11.6 Å². The first kappa shape index (κ1) is 45.6. The maximum atomic E-state index is 14.6. The first-order valence-corrected chi connectivity index (χ1v) is 19.7. The number of carbonyl (C=O) groups is 6. The molecule has 16 heteroatoms. The van der Waals surface area contributed by atoms with E-state index >= 15 is 0 Å². The molecule has 4 rings (SSSR count). The number of carbonyl (C=O) groups excluding carboxylic acids is 6. The fourth-order valence-electron chi connectivity index (χ4n) is 6.38. The summed E-state index contributed by atoms with van der Waals surface area (Å²) in [6.45, 7) is 2.80. The quantitative estimate of drug-likeness (QED) is 0.112. The average Bonchev–Trinajstić information content (AvgIpc) is 3.23. The highest BCUT2D eigenvalue weighted by Gasteiger charge is 2.38. The van der Waals surface area contributed by atoms with Crippen molar-refractivity contribution in [1.29, 1.82) is 0 Å². The third kappa shape index (κ3) is 12.5. The van der Waals surface area contributed by atoms with E-state index in [0.717, 1.165) is 33.8 Å². The molecule has 1 heterocycles. The highest BCUT2D eigenvalue weighted by atomic mass is 35.5. The Bertz CT molecular complexity index is 2020. The number of esters is 1. The molecule has 1 fully saturated rings. The van der Waals surface area contributed by atoms with Crippen molar-refractivity contribution >= 4 is 53.2 Å². The van der Waals surface area contributed by atoms with Gasteiger partial charge in [-0.15, -0.1) is 0 Å². The summed E-state index contributed by atoms with van der Waals surface area (Å²) in [6, 6.07) is 12.0. The van der Waals surface area contributed by atoms with Gasteiger partial charge in [-0.1, -0.05) is 79.6 Å². The Morgan fingerprint density at radius 3 is 2.37 bits per heavy atom. The number of aryl methyl sites for hydroxylation is 1. The van der Waals surface area contributed by atoms with Crippen LogP contribution in [0.4, 0.5) is 0 Å². The molecule has 1 aliphatic heterocycles. The second kappa shape index (κ2) is 21.6. The molecule has 0 spiro atoms. The summed E-state index contributed by atoms with van der Waals surface area (Å²) in [4.78, 5) is 82.0. The molecule has 316 valence electrons. The number of unbranched alkanes of at least 4 members (excludes halogenated alkanes) is 1. The second-order valence-corrected chi connectivity index (χ2v) is 14.6. The lowest BCUT2D eigenvalue weighted by Gasteiger charge is -2.35. The Labute approximate surface area is 348 Å². The molecule has 0 saturated carbocycles. The van der Waals surface area contributed by atoms with Gasteiger partial charge < -0.3 is 45.4 Å². The van der Waals surface area contributed by atoms with Crippen molar-refractivity contribution < 1.29 is 48.5 Å². The van der Waals surface area contributed by atoms with E-state index in [4.69, 9.17) is 21.1 Å². The van der Waals surface area contributed by atoms with Gasteiger partial charge in [0.1, 0.15) is 36.5 Å². The van der Waals surface area contributed by atoms with E-state index in [-0.39, 0.29) is 53.6 Å².